The zero-order valence-corrected chi connectivity index (χ0v) is 10.2. The number of hydrogen-bond acceptors (Lipinski definition) is 2. The Morgan fingerprint density at radius 3 is 2.65 bits per heavy atom. The summed E-state index contributed by atoms with van der Waals surface area (Å²) in [7, 11) is 0. The van der Waals surface area contributed by atoms with Crippen LogP contribution in [0.25, 0.3) is 0 Å². The highest BCUT2D eigenvalue weighted by Crippen LogP contribution is 2.17. The van der Waals surface area contributed by atoms with Gasteiger partial charge in [-0.05, 0) is 30.2 Å². The monoisotopic (exact) mass is 226 g/mol. The van der Waals surface area contributed by atoms with Crippen molar-refractivity contribution in [3.05, 3.63) is 59.9 Å². The number of para-hydroxylation sites is 1. The van der Waals surface area contributed by atoms with Crippen LogP contribution in [-0.2, 0) is 13.0 Å². The minimum atomic E-state index is 0.779. The quantitative estimate of drug-likeness (QED) is 0.841. The fourth-order valence-electron chi connectivity index (χ4n) is 1.87. The maximum absolute atomic E-state index is 4.31. The second-order valence-electron chi connectivity index (χ2n) is 4.08. The molecule has 0 saturated heterocycles. The third-order valence-corrected chi connectivity index (χ3v) is 2.72. The molecule has 2 aromatic rings. The van der Waals surface area contributed by atoms with Gasteiger partial charge >= 0.3 is 0 Å². The zero-order valence-electron chi connectivity index (χ0n) is 10.2. The second-order valence-corrected chi connectivity index (χ2v) is 4.08. The first kappa shape index (κ1) is 11.6. The number of aromatic nitrogens is 1. The van der Waals surface area contributed by atoms with Gasteiger partial charge in [0.2, 0.25) is 0 Å². The molecule has 0 aliphatic carbocycles. The van der Waals surface area contributed by atoms with Crippen molar-refractivity contribution in [1.82, 2.24) is 4.98 Å². The molecule has 0 saturated carbocycles. The first-order chi connectivity index (χ1) is 8.40. The van der Waals surface area contributed by atoms with Crippen LogP contribution >= 0.6 is 0 Å². The minimum absolute atomic E-state index is 0.779. The van der Waals surface area contributed by atoms with Crippen molar-refractivity contribution in [3.63, 3.8) is 0 Å². The minimum Gasteiger partial charge on any atom is -0.379 e. The van der Waals surface area contributed by atoms with Crippen LogP contribution in [0, 0.1) is 0 Å². The maximum Gasteiger partial charge on any atom is 0.0594 e. The fraction of sp³-hybridized carbons (Fsp3) is 0.267. The number of nitrogens with zero attached hydrogens (tertiary/aromatic N) is 1. The van der Waals surface area contributed by atoms with Gasteiger partial charge in [-0.25, -0.2) is 0 Å². The van der Waals surface area contributed by atoms with Gasteiger partial charge < -0.3 is 5.32 Å². The van der Waals surface area contributed by atoms with Crippen LogP contribution in [-0.4, -0.2) is 4.98 Å². The molecule has 1 aromatic carbocycles. The van der Waals surface area contributed by atoms with Crippen LogP contribution in [0.15, 0.2) is 48.7 Å². The third-order valence-electron chi connectivity index (χ3n) is 2.72. The third kappa shape index (κ3) is 3.31. The lowest BCUT2D eigenvalue weighted by Gasteiger charge is -2.10. The van der Waals surface area contributed by atoms with Crippen molar-refractivity contribution in [3.8, 4) is 0 Å². The van der Waals surface area contributed by atoms with Gasteiger partial charge in [0.15, 0.2) is 0 Å². The van der Waals surface area contributed by atoms with E-state index in [9.17, 15) is 0 Å². The first-order valence-corrected chi connectivity index (χ1v) is 6.12. The van der Waals surface area contributed by atoms with Crippen LogP contribution in [0.2, 0.25) is 0 Å². The predicted octanol–water partition coefficient (Wildman–Crippen LogP) is 3.65. The average molecular weight is 226 g/mol. The Balaban J connectivity index is 2.03. The molecule has 0 radical (unpaired) electrons. The normalized spacial score (nSPS) is 10.2. The van der Waals surface area contributed by atoms with Crippen LogP contribution < -0.4 is 5.32 Å². The van der Waals surface area contributed by atoms with Gasteiger partial charge in [-0.15, -0.1) is 0 Å². The lowest BCUT2D eigenvalue weighted by atomic mass is 10.1. The van der Waals surface area contributed by atoms with Crippen molar-refractivity contribution in [2.45, 2.75) is 26.3 Å². The molecule has 0 aliphatic heterocycles. The lowest BCUT2D eigenvalue weighted by molar-refractivity contribution is 0.917. The average Bonchev–Trinajstić information content (AvgIpc) is 2.39. The van der Waals surface area contributed by atoms with Crippen molar-refractivity contribution >= 4 is 5.69 Å². The number of benzene rings is 1. The highest BCUT2D eigenvalue weighted by Gasteiger charge is 2.00. The van der Waals surface area contributed by atoms with Gasteiger partial charge in [0.25, 0.3) is 0 Å². The predicted molar refractivity (Wildman–Crippen MR) is 72.0 cm³/mol. The summed E-state index contributed by atoms with van der Waals surface area (Å²) >= 11 is 0. The molecule has 0 spiro atoms. The first-order valence-electron chi connectivity index (χ1n) is 6.12. The van der Waals surface area contributed by atoms with Crippen LogP contribution in [0.1, 0.15) is 24.6 Å². The summed E-state index contributed by atoms with van der Waals surface area (Å²) < 4.78 is 0. The van der Waals surface area contributed by atoms with Crippen LogP contribution in [0.4, 0.5) is 5.69 Å². The summed E-state index contributed by atoms with van der Waals surface area (Å²) in [4.78, 5) is 4.31. The highest BCUT2D eigenvalue weighted by molar-refractivity contribution is 5.51. The number of nitrogens with one attached hydrogen (secondary N) is 1. The molecule has 0 unspecified atom stereocenters. The van der Waals surface area contributed by atoms with Gasteiger partial charge in [0.1, 0.15) is 0 Å². The van der Waals surface area contributed by atoms with E-state index < -0.39 is 0 Å². The molecule has 0 fully saturated rings. The topological polar surface area (TPSA) is 24.9 Å². The Labute approximate surface area is 103 Å². The molecule has 2 heteroatoms. The fourth-order valence-corrected chi connectivity index (χ4v) is 1.87. The van der Waals surface area contributed by atoms with E-state index in [1.807, 2.05) is 24.4 Å². The molecule has 1 heterocycles. The van der Waals surface area contributed by atoms with Crippen LogP contribution in [0.5, 0.6) is 0 Å². The number of anilines is 1. The van der Waals surface area contributed by atoms with Gasteiger partial charge in [-0.3, -0.25) is 4.98 Å². The molecular weight excluding hydrogens is 208 g/mol. The largest absolute Gasteiger partial charge is 0.379 e. The van der Waals surface area contributed by atoms with Gasteiger partial charge in [0, 0.05) is 11.9 Å². The maximum atomic E-state index is 4.31. The van der Waals surface area contributed by atoms with Gasteiger partial charge in [-0.1, -0.05) is 37.6 Å². The Kier molecular flexibility index (Phi) is 4.14. The molecule has 2 rings (SSSR count). The molecule has 88 valence electrons. The number of pyridine rings is 1. The lowest BCUT2D eigenvalue weighted by Crippen LogP contribution is -2.03. The van der Waals surface area contributed by atoms with Crippen molar-refractivity contribution < 1.29 is 0 Å². The zero-order chi connectivity index (χ0) is 11.9. The second kappa shape index (κ2) is 6.04. The Morgan fingerprint density at radius 1 is 1.06 bits per heavy atom. The van der Waals surface area contributed by atoms with E-state index in [4.69, 9.17) is 0 Å². The van der Waals surface area contributed by atoms with E-state index in [1.165, 1.54) is 17.7 Å². The summed E-state index contributed by atoms with van der Waals surface area (Å²) in [5, 5.41) is 3.45. The number of hydrogen-bond donors (Lipinski definition) is 1. The van der Waals surface area contributed by atoms with E-state index in [2.05, 4.69) is 41.5 Å². The molecule has 1 N–H and O–H groups in total. The van der Waals surface area contributed by atoms with E-state index in [0.717, 1.165) is 18.7 Å². The van der Waals surface area contributed by atoms with Gasteiger partial charge in [-0.2, -0.15) is 0 Å². The number of aryl methyl sites for hydroxylation is 1. The van der Waals surface area contributed by atoms with E-state index in [1.54, 1.807) is 0 Å². The Morgan fingerprint density at radius 2 is 1.88 bits per heavy atom. The smallest absolute Gasteiger partial charge is 0.0594 e. The Bertz CT molecular complexity index is 451. The molecular formula is C15H18N2. The summed E-state index contributed by atoms with van der Waals surface area (Å²) in [6, 6.07) is 14.5. The summed E-state index contributed by atoms with van der Waals surface area (Å²) in [5.41, 5.74) is 3.67. The number of rotatable bonds is 5. The SMILES string of the molecule is CCCc1ccccc1NCc1ccccn1. The summed E-state index contributed by atoms with van der Waals surface area (Å²) in [6.45, 7) is 2.98. The van der Waals surface area contributed by atoms with Crippen molar-refractivity contribution in [1.29, 1.82) is 0 Å². The summed E-state index contributed by atoms with van der Waals surface area (Å²) in [6.07, 6.45) is 4.11. The molecule has 2 nitrogen and oxygen atoms in total. The Hall–Kier alpha value is -1.83. The van der Waals surface area contributed by atoms with Crippen molar-refractivity contribution in [2.24, 2.45) is 0 Å². The van der Waals surface area contributed by atoms with Crippen molar-refractivity contribution in [2.75, 3.05) is 5.32 Å². The standard InChI is InChI=1S/C15H18N2/c1-2-7-13-8-3-4-10-15(13)17-12-14-9-5-6-11-16-14/h3-6,8-11,17H,2,7,12H2,1H3. The van der Waals surface area contributed by atoms with E-state index in [0.29, 0.717) is 0 Å². The van der Waals surface area contributed by atoms with Crippen LogP contribution in [0.3, 0.4) is 0 Å². The molecule has 0 aliphatic rings. The molecule has 17 heavy (non-hydrogen) atoms. The molecule has 0 amide bonds. The van der Waals surface area contributed by atoms with E-state index in [-0.39, 0.29) is 0 Å². The van der Waals surface area contributed by atoms with Gasteiger partial charge in [0.05, 0.1) is 12.2 Å². The molecule has 0 bridgehead atoms. The van der Waals surface area contributed by atoms with E-state index >= 15 is 0 Å². The molecule has 0 atom stereocenters. The highest BCUT2D eigenvalue weighted by atomic mass is 14.9. The summed E-state index contributed by atoms with van der Waals surface area (Å²) in [5.74, 6) is 0. The molecule has 1 aromatic heterocycles.